The molecule has 108 valence electrons. The van der Waals surface area contributed by atoms with Crippen LogP contribution in [0.3, 0.4) is 0 Å². The first kappa shape index (κ1) is 13.8. The van der Waals surface area contributed by atoms with Crippen molar-refractivity contribution in [2.75, 3.05) is 33.7 Å². The van der Waals surface area contributed by atoms with Gasteiger partial charge in [-0.25, -0.2) is 4.98 Å². The van der Waals surface area contributed by atoms with Gasteiger partial charge in [-0.2, -0.15) is 0 Å². The fourth-order valence-corrected chi connectivity index (χ4v) is 3.73. The number of likely N-dealkylation sites (N-methyl/N-ethyl adjacent to an activating group) is 2. The largest absolute Gasteiger partial charge is 0.329 e. The van der Waals surface area contributed by atoms with Gasteiger partial charge >= 0.3 is 0 Å². The highest BCUT2D eigenvalue weighted by atomic mass is 32.1. The standard InChI is InChI=1S/C15H22N4S/c1-12-4-9-20-14(12)15-16-5-6-19(15)11-13-10-17(2)7-8-18(13)3/h4-6,9,13H,7-8,10-11H2,1-3H3. The van der Waals surface area contributed by atoms with Gasteiger partial charge in [0.15, 0.2) is 0 Å². The zero-order valence-corrected chi connectivity index (χ0v) is 13.2. The van der Waals surface area contributed by atoms with Gasteiger partial charge < -0.3 is 9.47 Å². The predicted octanol–water partition coefficient (Wildman–Crippen LogP) is 2.17. The van der Waals surface area contributed by atoms with E-state index in [1.807, 2.05) is 6.20 Å². The van der Waals surface area contributed by atoms with Crippen LogP contribution in [0.15, 0.2) is 23.8 Å². The number of hydrogen-bond acceptors (Lipinski definition) is 4. The Kier molecular flexibility index (Phi) is 3.92. The predicted molar refractivity (Wildman–Crippen MR) is 84.2 cm³/mol. The highest BCUT2D eigenvalue weighted by molar-refractivity contribution is 7.13. The molecule has 1 unspecified atom stereocenters. The van der Waals surface area contributed by atoms with Crippen LogP contribution in [0.5, 0.6) is 0 Å². The summed E-state index contributed by atoms with van der Waals surface area (Å²) >= 11 is 1.78. The molecule has 1 atom stereocenters. The summed E-state index contributed by atoms with van der Waals surface area (Å²) in [4.78, 5) is 10.7. The maximum absolute atomic E-state index is 4.57. The number of hydrogen-bond donors (Lipinski definition) is 0. The van der Waals surface area contributed by atoms with Crippen LogP contribution >= 0.6 is 11.3 Å². The van der Waals surface area contributed by atoms with E-state index in [0.717, 1.165) is 32.0 Å². The zero-order chi connectivity index (χ0) is 14.1. The Morgan fingerprint density at radius 3 is 2.95 bits per heavy atom. The van der Waals surface area contributed by atoms with Crippen LogP contribution < -0.4 is 0 Å². The average Bonchev–Trinajstić information content (AvgIpc) is 3.02. The van der Waals surface area contributed by atoms with E-state index in [9.17, 15) is 0 Å². The SMILES string of the molecule is Cc1ccsc1-c1nccn1CC1CN(C)CCN1C. The van der Waals surface area contributed by atoms with Crippen LogP contribution in [0.4, 0.5) is 0 Å². The monoisotopic (exact) mass is 290 g/mol. The van der Waals surface area contributed by atoms with Crippen molar-refractivity contribution in [3.63, 3.8) is 0 Å². The third-order valence-electron chi connectivity index (χ3n) is 4.17. The van der Waals surface area contributed by atoms with Crippen molar-refractivity contribution >= 4 is 11.3 Å². The molecule has 1 fully saturated rings. The number of rotatable bonds is 3. The third kappa shape index (κ3) is 2.66. The lowest BCUT2D eigenvalue weighted by molar-refractivity contribution is 0.103. The van der Waals surface area contributed by atoms with Crippen molar-refractivity contribution in [1.82, 2.24) is 19.4 Å². The molecule has 0 N–H and O–H groups in total. The van der Waals surface area contributed by atoms with Crippen molar-refractivity contribution < 1.29 is 0 Å². The van der Waals surface area contributed by atoms with E-state index in [1.54, 1.807) is 11.3 Å². The number of nitrogens with zero attached hydrogens (tertiary/aromatic N) is 4. The molecule has 1 aliphatic rings. The molecule has 1 saturated heterocycles. The van der Waals surface area contributed by atoms with E-state index in [1.165, 1.54) is 10.4 Å². The molecule has 0 amide bonds. The molecule has 1 aliphatic heterocycles. The summed E-state index contributed by atoms with van der Waals surface area (Å²) in [5.74, 6) is 1.11. The first-order valence-electron chi connectivity index (χ1n) is 7.09. The van der Waals surface area contributed by atoms with Gasteiger partial charge in [0.05, 0.1) is 4.88 Å². The van der Waals surface area contributed by atoms with Gasteiger partial charge in [-0.15, -0.1) is 11.3 Å². The Labute approximate surface area is 124 Å². The second-order valence-corrected chi connectivity index (χ2v) is 6.65. The summed E-state index contributed by atoms with van der Waals surface area (Å²) in [6.45, 7) is 6.59. The summed E-state index contributed by atoms with van der Waals surface area (Å²) in [6.07, 6.45) is 4.03. The summed E-state index contributed by atoms with van der Waals surface area (Å²) in [6, 6.07) is 2.72. The molecule has 2 aromatic heterocycles. The maximum Gasteiger partial charge on any atom is 0.150 e. The Morgan fingerprint density at radius 1 is 1.35 bits per heavy atom. The van der Waals surface area contributed by atoms with Gasteiger partial charge in [-0.1, -0.05) is 0 Å². The fraction of sp³-hybridized carbons (Fsp3) is 0.533. The molecular formula is C15H22N4S. The molecule has 0 aliphatic carbocycles. The van der Waals surface area contributed by atoms with Gasteiger partial charge in [-0.3, -0.25) is 4.90 Å². The normalized spacial score (nSPS) is 21.4. The highest BCUT2D eigenvalue weighted by Crippen LogP contribution is 2.28. The number of aryl methyl sites for hydroxylation is 1. The van der Waals surface area contributed by atoms with Gasteiger partial charge in [0.25, 0.3) is 0 Å². The Balaban J connectivity index is 1.82. The molecule has 0 bridgehead atoms. The van der Waals surface area contributed by atoms with E-state index in [2.05, 4.69) is 58.0 Å². The summed E-state index contributed by atoms with van der Waals surface area (Å²) < 4.78 is 2.30. The van der Waals surface area contributed by atoms with Crippen LogP contribution in [0.25, 0.3) is 10.7 Å². The van der Waals surface area contributed by atoms with Crippen molar-refractivity contribution in [2.45, 2.75) is 19.5 Å². The van der Waals surface area contributed by atoms with Crippen molar-refractivity contribution in [3.05, 3.63) is 29.4 Å². The van der Waals surface area contributed by atoms with Gasteiger partial charge in [0, 0.05) is 44.6 Å². The fourth-order valence-electron chi connectivity index (χ4n) is 2.79. The second kappa shape index (κ2) is 5.68. The van der Waals surface area contributed by atoms with E-state index >= 15 is 0 Å². The summed E-state index contributed by atoms with van der Waals surface area (Å²) in [5.41, 5.74) is 1.32. The lowest BCUT2D eigenvalue weighted by Crippen LogP contribution is -2.51. The number of thiophene rings is 1. The molecular weight excluding hydrogens is 268 g/mol. The first-order chi connectivity index (χ1) is 9.65. The summed E-state index contributed by atoms with van der Waals surface area (Å²) in [5, 5.41) is 2.14. The topological polar surface area (TPSA) is 24.3 Å². The molecule has 0 radical (unpaired) electrons. The van der Waals surface area contributed by atoms with Crippen LogP contribution in [-0.2, 0) is 6.54 Å². The van der Waals surface area contributed by atoms with Crippen molar-refractivity contribution in [2.24, 2.45) is 0 Å². The molecule has 3 heterocycles. The van der Waals surface area contributed by atoms with E-state index in [0.29, 0.717) is 6.04 Å². The third-order valence-corrected chi connectivity index (χ3v) is 5.18. The number of piperazine rings is 1. The number of aromatic nitrogens is 2. The van der Waals surface area contributed by atoms with Gasteiger partial charge in [0.2, 0.25) is 0 Å². The van der Waals surface area contributed by atoms with E-state index < -0.39 is 0 Å². The van der Waals surface area contributed by atoms with Crippen molar-refractivity contribution in [1.29, 1.82) is 0 Å². The molecule has 0 spiro atoms. The smallest absolute Gasteiger partial charge is 0.150 e. The zero-order valence-electron chi connectivity index (χ0n) is 12.4. The summed E-state index contributed by atoms with van der Waals surface area (Å²) in [7, 11) is 4.43. The van der Waals surface area contributed by atoms with Crippen molar-refractivity contribution in [3.8, 4) is 10.7 Å². The van der Waals surface area contributed by atoms with Crippen LogP contribution in [0.1, 0.15) is 5.56 Å². The van der Waals surface area contributed by atoms with Crippen LogP contribution in [-0.4, -0.2) is 59.1 Å². The number of imidazole rings is 1. The van der Waals surface area contributed by atoms with Crippen LogP contribution in [0.2, 0.25) is 0 Å². The van der Waals surface area contributed by atoms with E-state index in [-0.39, 0.29) is 0 Å². The molecule has 0 saturated carbocycles. The molecule has 20 heavy (non-hydrogen) atoms. The highest BCUT2D eigenvalue weighted by Gasteiger charge is 2.23. The Morgan fingerprint density at radius 2 is 2.20 bits per heavy atom. The Bertz CT molecular complexity index is 574. The molecule has 0 aromatic carbocycles. The minimum absolute atomic E-state index is 0.557. The van der Waals surface area contributed by atoms with E-state index in [4.69, 9.17) is 0 Å². The minimum Gasteiger partial charge on any atom is -0.329 e. The quantitative estimate of drug-likeness (QED) is 0.866. The van der Waals surface area contributed by atoms with Crippen LogP contribution in [0, 0.1) is 6.92 Å². The lowest BCUT2D eigenvalue weighted by Gasteiger charge is -2.38. The minimum atomic E-state index is 0.557. The molecule has 3 rings (SSSR count). The molecule has 5 heteroatoms. The second-order valence-electron chi connectivity index (χ2n) is 5.73. The Hall–Kier alpha value is -1.17. The molecule has 4 nitrogen and oxygen atoms in total. The first-order valence-corrected chi connectivity index (χ1v) is 7.97. The molecule has 2 aromatic rings. The van der Waals surface area contributed by atoms with Gasteiger partial charge in [0.1, 0.15) is 5.82 Å². The average molecular weight is 290 g/mol. The van der Waals surface area contributed by atoms with Gasteiger partial charge in [-0.05, 0) is 38.0 Å². The maximum atomic E-state index is 4.57. The lowest BCUT2D eigenvalue weighted by atomic mass is 10.2.